The summed E-state index contributed by atoms with van der Waals surface area (Å²) in [6.07, 6.45) is 0.718. The summed E-state index contributed by atoms with van der Waals surface area (Å²) in [4.78, 5) is 40.9. The number of hydrogen-bond donors (Lipinski definition) is 2. The van der Waals surface area contributed by atoms with Crippen molar-refractivity contribution in [3.05, 3.63) is 92.2 Å². The topological polar surface area (TPSA) is 91.6 Å². The first-order chi connectivity index (χ1) is 21.1. The number of nitrogens with zero attached hydrogens (tertiary/aromatic N) is 2. The van der Waals surface area contributed by atoms with Crippen molar-refractivity contribution in [1.29, 1.82) is 0 Å². The van der Waals surface area contributed by atoms with E-state index >= 15 is 8.78 Å². The lowest BCUT2D eigenvalue weighted by Crippen LogP contribution is -2.49. The van der Waals surface area contributed by atoms with Gasteiger partial charge in [-0.25, -0.2) is 17.6 Å². The Morgan fingerprint density at radius 2 is 1.64 bits per heavy atom. The molecule has 7 nitrogen and oxygen atoms in total. The van der Waals surface area contributed by atoms with Crippen molar-refractivity contribution < 1.29 is 32.3 Å². The number of rotatable bonds is 12. The van der Waals surface area contributed by atoms with Gasteiger partial charge < -0.3 is 15.0 Å². The molecule has 0 saturated carbocycles. The van der Waals surface area contributed by atoms with Crippen molar-refractivity contribution in [3.63, 3.8) is 0 Å². The van der Waals surface area contributed by atoms with E-state index in [0.717, 1.165) is 17.2 Å². The minimum absolute atomic E-state index is 0.0696. The fourth-order valence-corrected chi connectivity index (χ4v) is 6.01. The third-order valence-corrected chi connectivity index (χ3v) is 8.25. The zero-order chi connectivity index (χ0) is 33.2. The van der Waals surface area contributed by atoms with E-state index in [4.69, 9.17) is 0 Å². The van der Waals surface area contributed by atoms with Gasteiger partial charge in [0.1, 0.15) is 18.0 Å². The van der Waals surface area contributed by atoms with E-state index in [2.05, 4.69) is 5.32 Å². The molecule has 0 aliphatic carbocycles. The van der Waals surface area contributed by atoms with Crippen LogP contribution >= 0.6 is 0 Å². The maximum absolute atomic E-state index is 15.4. The molecule has 3 aromatic rings. The highest BCUT2D eigenvalue weighted by atomic mass is 19.2. The summed E-state index contributed by atoms with van der Waals surface area (Å²) in [5.41, 5.74) is 2.28. The van der Waals surface area contributed by atoms with Crippen LogP contribution in [0.4, 0.5) is 17.6 Å². The van der Waals surface area contributed by atoms with Crippen LogP contribution in [0.2, 0.25) is 0 Å². The van der Waals surface area contributed by atoms with Gasteiger partial charge in [0.2, 0.25) is 5.91 Å². The average molecular weight is 630 g/mol. The number of alkyl halides is 1. The molecule has 4 rings (SSSR count). The summed E-state index contributed by atoms with van der Waals surface area (Å²) in [5, 5.41) is 12.3. The average Bonchev–Trinajstić information content (AvgIpc) is 2.90. The van der Waals surface area contributed by atoms with Crippen LogP contribution in [0.15, 0.2) is 41.3 Å². The van der Waals surface area contributed by atoms with Gasteiger partial charge in [0, 0.05) is 37.5 Å². The molecule has 0 radical (unpaired) electrons. The summed E-state index contributed by atoms with van der Waals surface area (Å²) >= 11 is 0. The van der Waals surface area contributed by atoms with Crippen LogP contribution < -0.4 is 10.9 Å². The molecule has 0 spiro atoms. The number of carbonyl (C=O) groups is 2. The Hall–Kier alpha value is -3.99. The number of aromatic nitrogens is 1. The Labute approximate surface area is 259 Å². The molecule has 1 amide bonds. The fourth-order valence-electron chi connectivity index (χ4n) is 6.01. The molecular formula is C34H39F4N3O4. The van der Waals surface area contributed by atoms with Crippen LogP contribution in [0.3, 0.4) is 0 Å². The van der Waals surface area contributed by atoms with Gasteiger partial charge in [0.25, 0.3) is 5.56 Å². The Bertz CT molecular complexity index is 1630. The van der Waals surface area contributed by atoms with E-state index in [0.29, 0.717) is 42.7 Å². The summed E-state index contributed by atoms with van der Waals surface area (Å²) in [7, 11) is 0. The van der Waals surface area contributed by atoms with Crippen molar-refractivity contribution in [1.82, 2.24) is 14.8 Å². The first-order valence-electron chi connectivity index (χ1n) is 15.0. The number of likely N-dealkylation sites (tertiary alicyclic amines) is 1. The van der Waals surface area contributed by atoms with Gasteiger partial charge in [0.05, 0.1) is 12.5 Å². The normalized spacial score (nSPS) is 15.2. The van der Waals surface area contributed by atoms with Crippen LogP contribution in [0.5, 0.6) is 0 Å². The van der Waals surface area contributed by atoms with Crippen LogP contribution in [0.25, 0.3) is 11.1 Å². The van der Waals surface area contributed by atoms with Gasteiger partial charge >= 0.3 is 5.97 Å². The molecule has 11 heteroatoms. The number of nitrogens with one attached hydrogen (secondary N) is 1. The minimum Gasteiger partial charge on any atom is -0.481 e. The van der Waals surface area contributed by atoms with Crippen LogP contribution in [0, 0.1) is 44.1 Å². The lowest BCUT2D eigenvalue weighted by molar-refractivity contribution is -0.138. The van der Waals surface area contributed by atoms with Crippen molar-refractivity contribution in [3.8, 4) is 11.1 Å². The SMILES string of the molecule is Cc1cc(=O)n(C(CC(C)C)C(=O)N[C@@H](CC(=O)O)c2cc(-c3c(C)cc(F)cc3C)cc(F)c2F)cc1CCN1CC(F)C1. The van der Waals surface area contributed by atoms with Gasteiger partial charge in [-0.3, -0.25) is 19.3 Å². The van der Waals surface area contributed by atoms with Gasteiger partial charge in [-0.1, -0.05) is 13.8 Å². The minimum atomic E-state index is -1.49. The number of carbonyl (C=O) groups excluding carboxylic acids is 1. The predicted octanol–water partition coefficient (Wildman–Crippen LogP) is 5.97. The fraction of sp³-hybridized carbons (Fsp3) is 0.441. The number of aryl methyl sites for hydroxylation is 3. The Balaban J connectivity index is 1.71. The van der Waals surface area contributed by atoms with Gasteiger partial charge in [-0.15, -0.1) is 0 Å². The smallest absolute Gasteiger partial charge is 0.305 e. The lowest BCUT2D eigenvalue weighted by Gasteiger charge is -2.34. The zero-order valence-electron chi connectivity index (χ0n) is 26.1. The first kappa shape index (κ1) is 33.9. The molecule has 242 valence electrons. The van der Waals surface area contributed by atoms with Crippen LogP contribution in [-0.2, 0) is 16.0 Å². The number of amides is 1. The van der Waals surface area contributed by atoms with Gasteiger partial charge in [-0.2, -0.15) is 0 Å². The molecule has 0 bridgehead atoms. The first-order valence-corrected chi connectivity index (χ1v) is 15.0. The van der Waals surface area contributed by atoms with Gasteiger partial charge in [0.15, 0.2) is 11.6 Å². The van der Waals surface area contributed by atoms with Crippen molar-refractivity contribution >= 4 is 11.9 Å². The van der Waals surface area contributed by atoms with Crippen molar-refractivity contribution in [2.24, 2.45) is 5.92 Å². The molecule has 45 heavy (non-hydrogen) atoms. The van der Waals surface area contributed by atoms with E-state index in [1.807, 2.05) is 18.7 Å². The molecule has 1 aliphatic heterocycles. The second-order valence-corrected chi connectivity index (χ2v) is 12.4. The maximum atomic E-state index is 15.4. The number of carboxylic acids is 1. The Morgan fingerprint density at radius 3 is 2.22 bits per heavy atom. The molecular weight excluding hydrogens is 590 g/mol. The third-order valence-electron chi connectivity index (χ3n) is 8.25. The van der Waals surface area contributed by atoms with Gasteiger partial charge in [-0.05, 0) is 97.2 Å². The van der Waals surface area contributed by atoms with E-state index < -0.39 is 59.6 Å². The number of hydrogen-bond acceptors (Lipinski definition) is 4. The highest BCUT2D eigenvalue weighted by molar-refractivity contribution is 5.82. The highest BCUT2D eigenvalue weighted by Gasteiger charge is 2.30. The molecule has 2 aromatic carbocycles. The molecule has 1 aromatic heterocycles. The molecule has 2 N–H and O–H groups in total. The summed E-state index contributed by atoms with van der Waals surface area (Å²) in [6.45, 7) is 10.0. The van der Waals surface area contributed by atoms with E-state index in [1.165, 1.54) is 28.8 Å². The molecule has 1 unspecified atom stereocenters. The van der Waals surface area contributed by atoms with Crippen LogP contribution in [0.1, 0.15) is 66.6 Å². The number of aliphatic carboxylic acids is 1. The molecule has 1 saturated heterocycles. The Kier molecular flexibility index (Phi) is 10.5. The van der Waals surface area contributed by atoms with E-state index in [-0.39, 0.29) is 23.5 Å². The summed E-state index contributed by atoms with van der Waals surface area (Å²) < 4.78 is 58.9. The molecule has 2 atom stereocenters. The maximum Gasteiger partial charge on any atom is 0.305 e. The quantitative estimate of drug-likeness (QED) is 0.241. The monoisotopic (exact) mass is 629 g/mol. The standard InChI is InChI=1S/C34H39F4N3O4/c1-18(2)8-29(41-15-22(19(3)11-30(41)42)6-7-40-16-25(36)17-40)34(45)39-28(14-31(43)44)26-12-23(13-27(37)33(26)38)32-20(4)9-24(35)10-21(32)5/h9-13,15,18,25,28-29H,6-8,14,16-17H2,1-5H3,(H,39,45)(H,43,44)/t28-,29?/m0/s1. The highest BCUT2D eigenvalue weighted by Crippen LogP contribution is 2.34. The predicted molar refractivity (Wildman–Crippen MR) is 163 cm³/mol. The number of halogens is 4. The van der Waals surface area contributed by atoms with Crippen molar-refractivity contribution in [2.75, 3.05) is 19.6 Å². The Morgan fingerprint density at radius 1 is 1.00 bits per heavy atom. The summed E-state index contributed by atoms with van der Waals surface area (Å²) in [6, 6.07) is 3.59. The largest absolute Gasteiger partial charge is 0.481 e. The third kappa shape index (κ3) is 8.00. The van der Waals surface area contributed by atoms with E-state index in [9.17, 15) is 28.3 Å². The number of pyridine rings is 1. The second-order valence-electron chi connectivity index (χ2n) is 12.4. The zero-order valence-corrected chi connectivity index (χ0v) is 26.1. The lowest BCUT2D eigenvalue weighted by atomic mass is 9.91. The van der Waals surface area contributed by atoms with Crippen molar-refractivity contribution in [2.45, 2.75) is 72.1 Å². The summed E-state index contributed by atoms with van der Waals surface area (Å²) in [5.74, 6) is -5.23. The number of carboxylic acid groups (broad SMARTS) is 1. The molecule has 1 aliphatic rings. The molecule has 1 fully saturated rings. The number of benzene rings is 2. The molecule has 2 heterocycles. The van der Waals surface area contributed by atoms with E-state index in [1.54, 1.807) is 27.0 Å². The van der Waals surface area contributed by atoms with Crippen LogP contribution in [-0.4, -0.2) is 52.3 Å². The second kappa shape index (κ2) is 14.0.